The number of carbonyl (C=O) groups is 2. The molecule has 0 aromatic heterocycles. The van der Waals surface area contributed by atoms with Crippen LogP contribution in [0.1, 0.15) is 22.8 Å². The van der Waals surface area contributed by atoms with Gasteiger partial charge >= 0.3 is 0 Å². The van der Waals surface area contributed by atoms with Crippen LogP contribution in [0.4, 0.5) is 0 Å². The van der Waals surface area contributed by atoms with Gasteiger partial charge in [-0.25, -0.2) is 0 Å². The Labute approximate surface area is 111 Å². The van der Waals surface area contributed by atoms with Gasteiger partial charge in [-0.1, -0.05) is 12.1 Å². The number of benzene rings is 1. The fraction of sp³-hybridized carbons (Fsp3) is 0.286. The standard InChI is InChI=1S/C14H17N3O2/c1-9(12-7-16-8-12)14(19)17-6-10-3-2-4-11(5-10)13(15)18/h2-5,16H,6-8H2,1H3,(H2,15,18)(H,17,19). The molecule has 0 unspecified atom stereocenters. The largest absolute Gasteiger partial charge is 0.366 e. The summed E-state index contributed by atoms with van der Waals surface area (Å²) >= 11 is 0. The highest BCUT2D eigenvalue weighted by molar-refractivity contribution is 5.94. The molecule has 1 aliphatic heterocycles. The maximum absolute atomic E-state index is 11.9. The second-order valence-electron chi connectivity index (χ2n) is 4.58. The Morgan fingerprint density at radius 1 is 1.37 bits per heavy atom. The van der Waals surface area contributed by atoms with E-state index in [1.165, 1.54) is 0 Å². The van der Waals surface area contributed by atoms with Crippen molar-refractivity contribution in [3.05, 3.63) is 46.5 Å². The molecular formula is C14H17N3O2. The summed E-state index contributed by atoms with van der Waals surface area (Å²) in [7, 11) is 0. The van der Waals surface area contributed by atoms with Gasteiger partial charge in [0.1, 0.15) is 0 Å². The molecule has 2 amide bonds. The van der Waals surface area contributed by atoms with E-state index in [1.807, 2.05) is 13.0 Å². The van der Waals surface area contributed by atoms with Crippen molar-refractivity contribution in [3.63, 3.8) is 0 Å². The number of nitrogens with two attached hydrogens (primary N) is 1. The maximum atomic E-state index is 11.9. The van der Waals surface area contributed by atoms with E-state index in [-0.39, 0.29) is 5.91 Å². The van der Waals surface area contributed by atoms with E-state index in [2.05, 4.69) is 10.6 Å². The van der Waals surface area contributed by atoms with Crippen LogP contribution in [-0.4, -0.2) is 24.9 Å². The van der Waals surface area contributed by atoms with E-state index < -0.39 is 5.91 Å². The Morgan fingerprint density at radius 2 is 2.11 bits per heavy atom. The minimum atomic E-state index is -0.466. The third kappa shape index (κ3) is 3.20. The first-order chi connectivity index (χ1) is 9.08. The molecule has 0 saturated carbocycles. The number of hydrogen-bond donors (Lipinski definition) is 3. The summed E-state index contributed by atoms with van der Waals surface area (Å²) in [6.07, 6.45) is 0. The zero-order valence-corrected chi connectivity index (χ0v) is 10.8. The first-order valence-electron chi connectivity index (χ1n) is 6.14. The van der Waals surface area contributed by atoms with E-state index in [1.54, 1.807) is 18.2 Å². The molecule has 1 aliphatic rings. The van der Waals surface area contributed by atoms with Gasteiger partial charge < -0.3 is 16.4 Å². The molecule has 2 rings (SSSR count). The molecule has 4 N–H and O–H groups in total. The lowest BCUT2D eigenvalue weighted by Gasteiger charge is -2.21. The van der Waals surface area contributed by atoms with Crippen molar-refractivity contribution in [1.29, 1.82) is 0 Å². The summed E-state index contributed by atoms with van der Waals surface area (Å²) in [6, 6.07) is 6.94. The van der Waals surface area contributed by atoms with Crippen molar-refractivity contribution in [2.45, 2.75) is 13.5 Å². The van der Waals surface area contributed by atoms with E-state index >= 15 is 0 Å². The molecule has 1 saturated heterocycles. The monoisotopic (exact) mass is 259 g/mol. The number of carbonyl (C=O) groups excluding carboxylic acids is 2. The first-order valence-corrected chi connectivity index (χ1v) is 6.14. The summed E-state index contributed by atoms with van der Waals surface area (Å²) in [6.45, 7) is 3.79. The zero-order valence-electron chi connectivity index (χ0n) is 10.8. The molecule has 1 heterocycles. The van der Waals surface area contributed by atoms with Gasteiger partial charge in [0.2, 0.25) is 11.8 Å². The third-order valence-corrected chi connectivity index (χ3v) is 3.21. The van der Waals surface area contributed by atoms with Crippen LogP contribution in [0, 0.1) is 0 Å². The van der Waals surface area contributed by atoms with Crippen molar-refractivity contribution >= 4 is 11.8 Å². The van der Waals surface area contributed by atoms with Crippen molar-refractivity contribution in [1.82, 2.24) is 10.6 Å². The molecule has 0 radical (unpaired) electrons. The quantitative estimate of drug-likeness (QED) is 0.681. The molecule has 5 nitrogen and oxygen atoms in total. The van der Waals surface area contributed by atoms with Crippen molar-refractivity contribution in [3.8, 4) is 0 Å². The summed E-state index contributed by atoms with van der Waals surface area (Å²) in [5, 5.41) is 5.94. The van der Waals surface area contributed by atoms with Crippen molar-refractivity contribution < 1.29 is 9.59 Å². The number of nitrogens with one attached hydrogen (secondary N) is 2. The highest BCUT2D eigenvalue weighted by Gasteiger charge is 2.15. The Hall–Kier alpha value is -2.14. The minimum absolute atomic E-state index is 0.0685. The van der Waals surface area contributed by atoms with Gasteiger partial charge in [-0.05, 0) is 30.2 Å². The number of rotatable bonds is 4. The van der Waals surface area contributed by atoms with E-state index in [4.69, 9.17) is 5.73 Å². The van der Waals surface area contributed by atoms with Crippen LogP contribution in [0.2, 0.25) is 0 Å². The molecule has 5 heteroatoms. The lowest BCUT2D eigenvalue weighted by molar-refractivity contribution is -0.117. The van der Waals surface area contributed by atoms with Crippen LogP contribution in [0.5, 0.6) is 0 Å². The van der Waals surface area contributed by atoms with E-state index in [9.17, 15) is 9.59 Å². The molecule has 1 aromatic rings. The van der Waals surface area contributed by atoms with Crippen LogP contribution in [0.25, 0.3) is 0 Å². The highest BCUT2D eigenvalue weighted by Crippen LogP contribution is 2.09. The van der Waals surface area contributed by atoms with Gasteiger partial charge in [-0.3, -0.25) is 9.59 Å². The highest BCUT2D eigenvalue weighted by atomic mass is 16.2. The minimum Gasteiger partial charge on any atom is -0.366 e. The van der Waals surface area contributed by atoms with Gasteiger partial charge in [0.25, 0.3) is 0 Å². The fourth-order valence-corrected chi connectivity index (χ4v) is 1.83. The van der Waals surface area contributed by atoms with Crippen LogP contribution >= 0.6 is 0 Å². The SMILES string of the molecule is CC(C(=O)NCc1cccc(C(N)=O)c1)=C1CNC1. The van der Waals surface area contributed by atoms with Gasteiger partial charge in [0.05, 0.1) is 0 Å². The lowest BCUT2D eigenvalue weighted by atomic mass is 10.0. The second-order valence-corrected chi connectivity index (χ2v) is 4.58. The summed E-state index contributed by atoms with van der Waals surface area (Å²) in [5.41, 5.74) is 8.43. The average molecular weight is 259 g/mol. The molecule has 1 fully saturated rings. The smallest absolute Gasteiger partial charge is 0.248 e. The molecule has 0 aliphatic carbocycles. The predicted molar refractivity (Wildman–Crippen MR) is 72.4 cm³/mol. The Bertz CT molecular complexity index is 543. The Kier molecular flexibility index (Phi) is 3.97. The van der Waals surface area contributed by atoms with Crippen LogP contribution in [0.15, 0.2) is 35.4 Å². The van der Waals surface area contributed by atoms with Gasteiger partial charge in [0.15, 0.2) is 0 Å². The normalized spacial score (nSPS) is 13.6. The van der Waals surface area contributed by atoms with E-state index in [0.717, 1.165) is 29.8 Å². The van der Waals surface area contributed by atoms with Gasteiger partial charge in [-0.15, -0.1) is 0 Å². The maximum Gasteiger partial charge on any atom is 0.248 e. The van der Waals surface area contributed by atoms with Crippen molar-refractivity contribution in [2.75, 3.05) is 13.1 Å². The topological polar surface area (TPSA) is 84.2 Å². The molecule has 1 aromatic carbocycles. The molecule has 100 valence electrons. The molecule has 19 heavy (non-hydrogen) atoms. The average Bonchev–Trinajstić information content (AvgIpc) is 2.34. The summed E-state index contributed by atoms with van der Waals surface area (Å²) < 4.78 is 0. The Balaban J connectivity index is 1.97. The fourth-order valence-electron chi connectivity index (χ4n) is 1.83. The summed E-state index contributed by atoms with van der Waals surface area (Å²) in [5.74, 6) is -0.534. The molecule has 0 spiro atoms. The van der Waals surface area contributed by atoms with Crippen molar-refractivity contribution in [2.24, 2.45) is 5.73 Å². The Morgan fingerprint density at radius 3 is 2.68 bits per heavy atom. The second kappa shape index (κ2) is 5.67. The zero-order chi connectivity index (χ0) is 13.8. The molecule has 0 atom stereocenters. The molecule has 0 bridgehead atoms. The number of amides is 2. The van der Waals surface area contributed by atoms with E-state index in [0.29, 0.717) is 12.1 Å². The van der Waals surface area contributed by atoms with Crippen LogP contribution in [0.3, 0.4) is 0 Å². The van der Waals surface area contributed by atoms with Gasteiger partial charge in [-0.2, -0.15) is 0 Å². The number of primary amides is 1. The summed E-state index contributed by atoms with van der Waals surface area (Å²) in [4.78, 5) is 22.9. The molecular weight excluding hydrogens is 242 g/mol. The first kappa shape index (κ1) is 13.3. The lowest BCUT2D eigenvalue weighted by Crippen LogP contribution is -2.37. The number of hydrogen-bond acceptors (Lipinski definition) is 3. The third-order valence-electron chi connectivity index (χ3n) is 3.21. The predicted octanol–water partition coefficient (Wildman–Crippen LogP) is 0.321. The van der Waals surface area contributed by atoms with Gasteiger partial charge in [0, 0.05) is 30.8 Å². The van der Waals surface area contributed by atoms with Crippen LogP contribution < -0.4 is 16.4 Å². The van der Waals surface area contributed by atoms with Crippen LogP contribution in [-0.2, 0) is 11.3 Å².